The SMILES string of the molecule is O=C(CNC(c1ccccc1)c1ccc(F)cc1)Nc1ccccc1C(=O)NC1CCCC1. The van der Waals surface area contributed by atoms with Crippen LogP contribution in [0.3, 0.4) is 0 Å². The molecule has 0 aliphatic heterocycles. The summed E-state index contributed by atoms with van der Waals surface area (Å²) >= 11 is 0. The van der Waals surface area contributed by atoms with E-state index in [2.05, 4.69) is 16.0 Å². The molecule has 0 radical (unpaired) electrons. The van der Waals surface area contributed by atoms with E-state index in [1.807, 2.05) is 30.3 Å². The van der Waals surface area contributed by atoms with E-state index in [9.17, 15) is 14.0 Å². The van der Waals surface area contributed by atoms with E-state index in [4.69, 9.17) is 0 Å². The largest absolute Gasteiger partial charge is 0.349 e. The van der Waals surface area contributed by atoms with Crippen LogP contribution in [0.2, 0.25) is 0 Å². The quantitative estimate of drug-likeness (QED) is 0.466. The fourth-order valence-electron chi connectivity index (χ4n) is 4.24. The molecule has 1 fully saturated rings. The summed E-state index contributed by atoms with van der Waals surface area (Å²) in [5, 5.41) is 9.20. The maximum atomic E-state index is 13.4. The minimum Gasteiger partial charge on any atom is -0.349 e. The zero-order valence-corrected chi connectivity index (χ0v) is 18.4. The van der Waals surface area contributed by atoms with Crippen LogP contribution < -0.4 is 16.0 Å². The Bertz CT molecular complexity index is 1080. The summed E-state index contributed by atoms with van der Waals surface area (Å²) in [6.45, 7) is 0.0233. The van der Waals surface area contributed by atoms with Crippen LogP contribution in [0.5, 0.6) is 0 Å². The fourth-order valence-corrected chi connectivity index (χ4v) is 4.24. The molecule has 1 unspecified atom stereocenters. The van der Waals surface area contributed by atoms with E-state index in [1.165, 1.54) is 12.1 Å². The van der Waals surface area contributed by atoms with Crippen LogP contribution in [0.15, 0.2) is 78.9 Å². The molecule has 0 spiro atoms. The molecule has 3 aromatic rings. The highest BCUT2D eigenvalue weighted by Crippen LogP contribution is 2.23. The smallest absolute Gasteiger partial charge is 0.253 e. The highest BCUT2D eigenvalue weighted by Gasteiger charge is 2.21. The van der Waals surface area contributed by atoms with Crippen molar-refractivity contribution in [2.45, 2.75) is 37.8 Å². The fraction of sp³-hybridized carbons (Fsp3) is 0.259. The first-order valence-electron chi connectivity index (χ1n) is 11.3. The highest BCUT2D eigenvalue weighted by atomic mass is 19.1. The van der Waals surface area contributed by atoms with Gasteiger partial charge in [0.15, 0.2) is 0 Å². The molecule has 1 atom stereocenters. The molecule has 0 bridgehead atoms. The third-order valence-electron chi connectivity index (χ3n) is 5.94. The first-order chi connectivity index (χ1) is 16.1. The Morgan fingerprint density at radius 1 is 0.848 bits per heavy atom. The molecule has 4 rings (SSSR count). The number of hydrogen-bond acceptors (Lipinski definition) is 3. The van der Waals surface area contributed by atoms with Crippen LogP contribution in [-0.4, -0.2) is 24.4 Å². The third kappa shape index (κ3) is 6.05. The minimum absolute atomic E-state index is 0.0233. The molecule has 1 aliphatic carbocycles. The van der Waals surface area contributed by atoms with Crippen molar-refractivity contribution in [3.05, 3.63) is 101 Å². The van der Waals surface area contributed by atoms with Crippen molar-refractivity contribution in [1.82, 2.24) is 10.6 Å². The van der Waals surface area contributed by atoms with Gasteiger partial charge < -0.3 is 10.6 Å². The number of halogens is 1. The predicted molar refractivity (Wildman–Crippen MR) is 127 cm³/mol. The molecule has 1 saturated carbocycles. The van der Waals surface area contributed by atoms with Gasteiger partial charge in [-0.3, -0.25) is 14.9 Å². The van der Waals surface area contributed by atoms with Gasteiger partial charge in [-0.15, -0.1) is 0 Å². The molecule has 2 amide bonds. The maximum Gasteiger partial charge on any atom is 0.253 e. The Labute approximate surface area is 193 Å². The van der Waals surface area contributed by atoms with Crippen molar-refractivity contribution in [2.24, 2.45) is 0 Å². The molecular formula is C27H28FN3O2. The summed E-state index contributed by atoms with van der Waals surface area (Å²) < 4.78 is 13.4. The number of anilines is 1. The predicted octanol–water partition coefficient (Wildman–Crippen LogP) is 4.82. The van der Waals surface area contributed by atoms with Crippen molar-refractivity contribution in [3.63, 3.8) is 0 Å². The number of hydrogen-bond donors (Lipinski definition) is 3. The van der Waals surface area contributed by atoms with Crippen LogP contribution >= 0.6 is 0 Å². The van der Waals surface area contributed by atoms with E-state index in [0.29, 0.717) is 11.3 Å². The number of amides is 2. The molecule has 3 N–H and O–H groups in total. The van der Waals surface area contributed by atoms with Crippen molar-refractivity contribution in [1.29, 1.82) is 0 Å². The number of nitrogens with one attached hydrogen (secondary N) is 3. The second-order valence-electron chi connectivity index (χ2n) is 8.32. The Hall–Kier alpha value is -3.51. The monoisotopic (exact) mass is 445 g/mol. The first-order valence-corrected chi connectivity index (χ1v) is 11.3. The molecular weight excluding hydrogens is 417 g/mol. The van der Waals surface area contributed by atoms with Gasteiger partial charge in [-0.1, -0.05) is 67.4 Å². The summed E-state index contributed by atoms with van der Waals surface area (Å²) in [5.74, 6) is -0.741. The van der Waals surface area contributed by atoms with E-state index >= 15 is 0 Å². The summed E-state index contributed by atoms with van der Waals surface area (Å²) in [6, 6.07) is 22.9. The Morgan fingerprint density at radius 3 is 2.21 bits per heavy atom. The number of carbonyl (C=O) groups is 2. The number of carbonyl (C=O) groups excluding carboxylic acids is 2. The average molecular weight is 446 g/mol. The molecule has 33 heavy (non-hydrogen) atoms. The summed E-state index contributed by atoms with van der Waals surface area (Å²) in [5.41, 5.74) is 2.76. The lowest BCUT2D eigenvalue weighted by molar-refractivity contribution is -0.115. The van der Waals surface area contributed by atoms with Gasteiger partial charge in [-0.05, 0) is 48.2 Å². The Morgan fingerprint density at radius 2 is 1.48 bits per heavy atom. The molecule has 6 heteroatoms. The zero-order chi connectivity index (χ0) is 23.0. The summed E-state index contributed by atoms with van der Waals surface area (Å²) in [7, 11) is 0. The lowest BCUT2D eigenvalue weighted by atomic mass is 9.98. The van der Waals surface area contributed by atoms with Gasteiger partial charge in [0.1, 0.15) is 5.82 Å². The molecule has 0 heterocycles. The second-order valence-corrected chi connectivity index (χ2v) is 8.32. The zero-order valence-electron chi connectivity index (χ0n) is 18.4. The summed E-state index contributed by atoms with van der Waals surface area (Å²) in [6.07, 6.45) is 4.25. The molecule has 1 aliphatic rings. The average Bonchev–Trinajstić information content (AvgIpc) is 3.34. The van der Waals surface area contributed by atoms with Gasteiger partial charge in [-0.25, -0.2) is 4.39 Å². The van der Waals surface area contributed by atoms with Crippen LogP contribution in [0, 0.1) is 5.82 Å². The second kappa shape index (κ2) is 10.9. The normalized spacial score (nSPS) is 14.6. The molecule has 170 valence electrons. The van der Waals surface area contributed by atoms with E-state index in [-0.39, 0.29) is 36.3 Å². The van der Waals surface area contributed by atoms with Gasteiger partial charge in [-0.2, -0.15) is 0 Å². The number of rotatable bonds is 8. The van der Waals surface area contributed by atoms with Crippen molar-refractivity contribution in [2.75, 3.05) is 11.9 Å². The molecule has 0 aromatic heterocycles. The third-order valence-corrected chi connectivity index (χ3v) is 5.94. The maximum absolute atomic E-state index is 13.4. The van der Waals surface area contributed by atoms with Crippen LogP contribution in [0.4, 0.5) is 10.1 Å². The van der Waals surface area contributed by atoms with Crippen molar-refractivity contribution >= 4 is 17.5 Å². The van der Waals surface area contributed by atoms with Gasteiger partial charge in [0.2, 0.25) is 5.91 Å². The van der Waals surface area contributed by atoms with Gasteiger partial charge in [0.25, 0.3) is 5.91 Å². The molecule has 5 nitrogen and oxygen atoms in total. The van der Waals surface area contributed by atoms with Gasteiger partial charge >= 0.3 is 0 Å². The van der Waals surface area contributed by atoms with Crippen molar-refractivity contribution in [3.8, 4) is 0 Å². The lowest BCUT2D eigenvalue weighted by Gasteiger charge is -2.20. The lowest BCUT2D eigenvalue weighted by Crippen LogP contribution is -2.34. The highest BCUT2D eigenvalue weighted by molar-refractivity contribution is 6.04. The Balaban J connectivity index is 1.43. The van der Waals surface area contributed by atoms with Gasteiger partial charge in [0.05, 0.1) is 23.8 Å². The number of para-hydroxylation sites is 1. The molecule has 3 aromatic carbocycles. The summed E-state index contributed by atoms with van der Waals surface area (Å²) in [4.78, 5) is 25.5. The van der Waals surface area contributed by atoms with Crippen LogP contribution in [-0.2, 0) is 4.79 Å². The van der Waals surface area contributed by atoms with Crippen molar-refractivity contribution < 1.29 is 14.0 Å². The minimum atomic E-state index is -0.309. The Kier molecular flexibility index (Phi) is 7.47. The molecule has 0 saturated heterocycles. The number of benzene rings is 3. The first kappa shape index (κ1) is 22.7. The van der Waals surface area contributed by atoms with E-state index in [0.717, 1.165) is 36.8 Å². The van der Waals surface area contributed by atoms with E-state index in [1.54, 1.807) is 36.4 Å². The van der Waals surface area contributed by atoms with Crippen LogP contribution in [0.25, 0.3) is 0 Å². The van der Waals surface area contributed by atoms with Crippen LogP contribution in [0.1, 0.15) is 53.2 Å². The standard InChI is InChI=1S/C27H28FN3O2/c28-21-16-14-20(15-17-21)26(19-8-2-1-3-9-19)29-18-25(32)31-24-13-7-6-12-23(24)27(33)30-22-10-4-5-11-22/h1-3,6-9,12-17,22,26,29H,4-5,10-11,18H2,(H,30,33)(H,31,32). The van der Waals surface area contributed by atoms with Gasteiger partial charge in [0, 0.05) is 6.04 Å². The van der Waals surface area contributed by atoms with E-state index < -0.39 is 0 Å². The topological polar surface area (TPSA) is 70.2 Å².